The molecule has 20 heavy (non-hydrogen) atoms. The summed E-state index contributed by atoms with van der Waals surface area (Å²) in [4.78, 5) is 18.8. The number of alkyl halides is 2. The Morgan fingerprint density at radius 1 is 1.50 bits per heavy atom. The van der Waals surface area contributed by atoms with E-state index in [9.17, 15) is 13.6 Å². The molecular formula is C14H18F2N2O2. The second-order valence-corrected chi connectivity index (χ2v) is 5.27. The smallest absolute Gasteiger partial charge is 0.339 e. The third-order valence-electron chi connectivity index (χ3n) is 4.00. The molecule has 0 aliphatic heterocycles. The first-order valence-electron chi connectivity index (χ1n) is 6.91. The molecular weight excluding hydrogens is 266 g/mol. The monoisotopic (exact) mass is 284 g/mol. The molecule has 6 heteroatoms. The van der Waals surface area contributed by atoms with Crippen LogP contribution in [-0.4, -0.2) is 21.0 Å². The molecule has 1 aromatic rings. The van der Waals surface area contributed by atoms with Gasteiger partial charge in [-0.25, -0.2) is 23.5 Å². The normalized spacial score (nSPS) is 23.0. The van der Waals surface area contributed by atoms with Crippen molar-refractivity contribution in [3.05, 3.63) is 23.3 Å². The maximum atomic E-state index is 12.9. The van der Waals surface area contributed by atoms with Crippen LogP contribution in [-0.2, 0) is 0 Å². The third kappa shape index (κ3) is 3.11. The van der Waals surface area contributed by atoms with Gasteiger partial charge in [-0.15, -0.1) is 0 Å². The molecule has 0 aromatic carbocycles. The first-order valence-corrected chi connectivity index (χ1v) is 6.91. The fraction of sp³-hybridized carbons (Fsp3) is 0.643. The topological polar surface area (TPSA) is 63.1 Å². The Bertz CT molecular complexity index is 494. The summed E-state index contributed by atoms with van der Waals surface area (Å²) in [6, 6.07) is 0. The highest BCUT2D eigenvalue weighted by molar-refractivity contribution is 5.88. The molecule has 1 aromatic heterocycles. The predicted octanol–water partition coefficient (Wildman–Crippen LogP) is 3.80. The standard InChI is InChI=1S/C14H18F2N2O2/c1-2-8-4-3-5-9(6-8)13-17-7-10(14(19)20)11(18-13)12(15)16/h7-9,12H,2-6H2,1H3,(H,19,20). The van der Waals surface area contributed by atoms with Gasteiger partial charge in [0.1, 0.15) is 17.1 Å². The molecule has 0 radical (unpaired) electrons. The summed E-state index contributed by atoms with van der Waals surface area (Å²) in [5, 5.41) is 8.88. The Balaban J connectivity index is 2.28. The number of carboxylic acid groups (broad SMARTS) is 1. The number of aromatic nitrogens is 2. The number of carboxylic acids is 1. The summed E-state index contributed by atoms with van der Waals surface area (Å²) < 4.78 is 25.8. The number of rotatable bonds is 4. The van der Waals surface area contributed by atoms with Crippen LogP contribution >= 0.6 is 0 Å². The highest BCUT2D eigenvalue weighted by atomic mass is 19.3. The van der Waals surface area contributed by atoms with Gasteiger partial charge in [0.05, 0.1) is 0 Å². The fourth-order valence-electron chi connectivity index (χ4n) is 2.83. The minimum absolute atomic E-state index is 0.0639. The lowest BCUT2D eigenvalue weighted by Gasteiger charge is -2.27. The van der Waals surface area contributed by atoms with E-state index in [1.54, 1.807) is 0 Å². The van der Waals surface area contributed by atoms with E-state index < -0.39 is 23.7 Å². The minimum atomic E-state index is -2.89. The van der Waals surface area contributed by atoms with Crippen LogP contribution < -0.4 is 0 Å². The molecule has 1 saturated carbocycles. The molecule has 0 amide bonds. The van der Waals surface area contributed by atoms with E-state index >= 15 is 0 Å². The second-order valence-electron chi connectivity index (χ2n) is 5.27. The van der Waals surface area contributed by atoms with Crippen LogP contribution in [0.15, 0.2) is 6.20 Å². The molecule has 4 nitrogen and oxygen atoms in total. The van der Waals surface area contributed by atoms with Crippen LogP contribution in [0.5, 0.6) is 0 Å². The van der Waals surface area contributed by atoms with Gasteiger partial charge in [-0.1, -0.05) is 26.2 Å². The van der Waals surface area contributed by atoms with Crippen LogP contribution in [0.2, 0.25) is 0 Å². The molecule has 1 fully saturated rings. The van der Waals surface area contributed by atoms with Gasteiger partial charge in [-0.3, -0.25) is 0 Å². The van der Waals surface area contributed by atoms with Crippen molar-refractivity contribution in [3.63, 3.8) is 0 Å². The molecule has 2 atom stereocenters. The van der Waals surface area contributed by atoms with E-state index in [1.807, 2.05) is 0 Å². The van der Waals surface area contributed by atoms with Crippen molar-refractivity contribution in [1.82, 2.24) is 9.97 Å². The molecule has 110 valence electrons. The quantitative estimate of drug-likeness (QED) is 0.913. The van der Waals surface area contributed by atoms with Gasteiger partial charge in [0.15, 0.2) is 0 Å². The maximum Gasteiger partial charge on any atom is 0.339 e. The Morgan fingerprint density at radius 3 is 2.85 bits per heavy atom. The van der Waals surface area contributed by atoms with Crippen molar-refractivity contribution in [1.29, 1.82) is 0 Å². The van der Waals surface area contributed by atoms with Gasteiger partial charge in [0.2, 0.25) is 0 Å². The van der Waals surface area contributed by atoms with Crippen molar-refractivity contribution >= 4 is 5.97 Å². The third-order valence-corrected chi connectivity index (χ3v) is 4.00. The number of nitrogens with zero attached hydrogens (tertiary/aromatic N) is 2. The first-order chi connectivity index (χ1) is 9.52. The predicted molar refractivity (Wildman–Crippen MR) is 68.9 cm³/mol. The Labute approximate surface area is 116 Å². The molecule has 1 N–H and O–H groups in total. The summed E-state index contributed by atoms with van der Waals surface area (Å²) >= 11 is 0. The van der Waals surface area contributed by atoms with Crippen LogP contribution in [0.3, 0.4) is 0 Å². The lowest BCUT2D eigenvalue weighted by molar-refractivity contribution is 0.0681. The van der Waals surface area contributed by atoms with E-state index in [2.05, 4.69) is 16.9 Å². The van der Waals surface area contributed by atoms with Gasteiger partial charge < -0.3 is 5.11 Å². The number of aromatic carboxylic acids is 1. The summed E-state index contributed by atoms with van der Waals surface area (Å²) in [7, 11) is 0. The van der Waals surface area contributed by atoms with E-state index in [0.29, 0.717) is 11.7 Å². The average Bonchev–Trinajstić information content (AvgIpc) is 2.46. The zero-order valence-electron chi connectivity index (χ0n) is 11.4. The molecule has 1 aliphatic carbocycles. The van der Waals surface area contributed by atoms with Crippen molar-refractivity contribution in [2.45, 2.75) is 51.4 Å². The molecule has 0 bridgehead atoms. The first kappa shape index (κ1) is 14.8. The van der Waals surface area contributed by atoms with Crippen molar-refractivity contribution in [2.75, 3.05) is 0 Å². The molecule has 2 unspecified atom stereocenters. The van der Waals surface area contributed by atoms with E-state index in [0.717, 1.165) is 38.3 Å². The molecule has 1 heterocycles. The van der Waals surface area contributed by atoms with Crippen molar-refractivity contribution < 1.29 is 18.7 Å². The fourth-order valence-corrected chi connectivity index (χ4v) is 2.83. The highest BCUT2D eigenvalue weighted by Crippen LogP contribution is 2.36. The second kappa shape index (κ2) is 6.24. The highest BCUT2D eigenvalue weighted by Gasteiger charge is 2.27. The Kier molecular flexibility index (Phi) is 4.62. The summed E-state index contributed by atoms with van der Waals surface area (Å²) in [6.07, 6.45) is 3.15. The minimum Gasteiger partial charge on any atom is -0.478 e. The van der Waals surface area contributed by atoms with Gasteiger partial charge in [-0.05, 0) is 18.8 Å². The zero-order chi connectivity index (χ0) is 14.7. The SMILES string of the molecule is CCC1CCCC(c2ncc(C(=O)O)c(C(F)F)n2)C1. The molecule has 1 aliphatic rings. The molecule has 0 spiro atoms. The summed E-state index contributed by atoms with van der Waals surface area (Å²) in [5.41, 5.74) is -1.17. The molecule has 2 rings (SSSR count). The van der Waals surface area contributed by atoms with Gasteiger partial charge >= 0.3 is 5.97 Å². The van der Waals surface area contributed by atoms with Gasteiger partial charge in [0, 0.05) is 12.1 Å². The number of halogens is 2. The van der Waals surface area contributed by atoms with Crippen LogP contribution in [0, 0.1) is 5.92 Å². The summed E-state index contributed by atoms with van der Waals surface area (Å²) in [6.45, 7) is 2.12. The lowest BCUT2D eigenvalue weighted by atomic mass is 9.80. The van der Waals surface area contributed by atoms with Gasteiger partial charge in [0.25, 0.3) is 6.43 Å². The van der Waals surface area contributed by atoms with Gasteiger partial charge in [-0.2, -0.15) is 0 Å². The number of hydrogen-bond donors (Lipinski definition) is 1. The Hall–Kier alpha value is -1.59. The van der Waals surface area contributed by atoms with E-state index in [4.69, 9.17) is 5.11 Å². The van der Waals surface area contributed by atoms with Crippen molar-refractivity contribution in [2.24, 2.45) is 5.92 Å². The Morgan fingerprint density at radius 2 is 2.25 bits per heavy atom. The van der Waals surface area contributed by atoms with Crippen molar-refractivity contribution in [3.8, 4) is 0 Å². The number of carbonyl (C=O) groups is 1. The maximum absolute atomic E-state index is 12.9. The largest absolute Gasteiger partial charge is 0.478 e. The summed E-state index contributed by atoms with van der Waals surface area (Å²) in [5.74, 6) is -0.411. The number of hydrogen-bond acceptors (Lipinski definition) is 3. The average molecular weight is 284 g/mol. The van der Waals surface area contributed by atoms with Crippen LogP contribution in [0.25, 0.3) is 0 Å². The van der Waals surface area contributed by atoms with E-state index in [1.165, 1.54) is 0 Å². The van der Waals surface area contributed by atoms with Crippen LogP contribution in [0.1, 0.15) is 73.2 Å². The molecule has 0 saturated heterocycles. The zero-order valence-corrected chi connectivity index (χ0v) is 11.4. The lowest BCUT2D eigenvalue weighted by Crippen LogP contribution is -2.18. The van der Waals surface area contributed by atoms with E-state index in [-0.39, 0.29) is 5.92 Å². The van der Waals surface area contributed by atoms with Crippen LogP contribution in [0.4, 0.5) is 8.78 Å².